The first-order valence-corrected chi connectivity index (χ1v) is 9.97. The third-order valence-corrected chi connectivity index (χ3v) is 4.52. The van der Waals surface area contributed by atoms with Crippen LogP contribution in [0, 0.1) is 13.8 Å². The number of aliphatic imine (C=N–C) groups is 1. The highest BCUT2D eigenvalue weighted by Gasteiger charge is 2.11. The van der Waals surface area contributed by atoms with Gasteiger partial charge in [-0.3, -0.25) is 0 Å². The second-order valence-corrected chi connectivity index (χ2v) is 6.96. The summed E-state index contributed by atoms with van der Waals surface area (Å²) < 4.78 is 17.3. The van der Waals surface area contributed by atoms with Gasteiger partial charge in [0.15, 0.2) is 0 Å². The zero-order valence-corrected chi connectivity index (χ0v) is 17.9. The van der Waals surface area contributed by atoms with Gasteiger partial charge in [-0.2, -0.15) is 0 Å². The van der Waals surface area contributed by atoms with Crippen LogP contribution in [0.4, 0.5) is 5.69 Å². The van der Waals surface area contributed by atoms with Gasteiger partial charge in [-0.15, -0.1) is 0 Å². The molecule has 0 aliphatic carbocycles. The highest BCUT2D eigenvalue weighted by molar-refractivity contribution is 5.96. The number of benzene rings is 3. The van der Waals surface area contributed by atoms with E-state index in [1.165, 1.54) is 5.56 Å². The molecule has 0 saturated carbocycles. The van der Waals surface area contributed by atoms with Crippen molar-refractivity contribution in [2.45, 2.75) is 27.2 Å². The Morgan fingerprint density at radius 1 is 0.833 bits per heavy atom. The molecule has 0 radical (unpaired) electrons. The van der Waals surface area contributed by atoms with Gasteiger partial charge in [0.2, 0.25) is 5.90 Å². The Labute approximate surface area is 178 Å². The standard InChI is InChI=1S/C26H27NO3/c1-5-21(18-29-24-15-13-23(28-4)14-16-24)26(27-22-11-9-19(2)10-12-22)30-25-8-6-7-20(3)17-25/h6-18H,5H2,1-4H3/b21-18+,27-26?. The lowest BCUT2D eigenvalue weighted by Gasteiger charge is -2.13. The molecule has 154 valence electrons. The molecule has 4 nitrogen and oxygen atoms in total. The molecule has 0 atom stereocenters. The SMILES string of the molecule is CC/C(=C\Oc1ccc(OC)cc1)C(=Nc1ccc(C)cc1)Oc1cccc(C)c1. The molecule has 0 aromatic heterocycles. The normalized spacial score (nSPS) is 11.9. The summed E-state index contributed by atoms with van der Waals surface area (Å²) in [5.41, 5.74) is 3.99. The molecular formula is C26H27NO3. The summed E-state index contributed by atoms with van der Waals surface area (Å²) in [5, 5.41) is 0. The summed E-state index contributed by atoms with van der Waals surface area (Å²) >= 11 is 0. The minimum atomic E-state index is 0.514. The average Bonchev–Trinajstić information content (AvgIpc) is 2.76. The van der Waals surface area contributed by atoms with Gasteiger partial charge in [-0.25, -0.2) is 4.99 Å². The summed E-state index contributed by atoms with van der Waals surface area (Å²) in [5.74, 6) is 2.75. The first-order valence-electron chi connectivity index (χ1n) is 9.97. The number of hydrogen-bond acceptors (Lipinski definition) is 4. The predicted octanol–water partition coefficient (Wildman–Crippen LogP) is 6.79. The number of methoxy groups -OCH3 is 1. The van der Waals surface area contributed by atoms with Crippen LogP contribution in [-0.4, -0.2) is 13.0 Å². The number of rotatable bonds is 7. The quantitative estimate of drug-likeness (QED) is 0.248. The lowest BCUT2D eigenvalue weighted by Crippen LogP contribution is -2.12. The van der Waals surface area contributed by atoms with Crippen LogP contribution >= 0.6 is 0 Å². The van der Waals surface area contributed by atoms with Crippen molar-refractivity contribution in [3.8, 4) is 17.2 Å². The van der Waals surface area contributed by atoms with E-state index in [1.54, 1.807) is 13.4 Å². The van der Waals surface area contributed by atoms with E-state index < -0.39 is 0 Å². The summed E-state index contributed by atoms with van der Waals surface area (Å²) in [6, 6.07) is 23.4. The van der Waals surface area contributed by atoms with Gasteiger partial charge in [-0.1, -0.05) is 36.8 Å². The van der Waals surface area contributed by atoms with Gasteiger partial charge in [0.1, 0.15) is 17.2 Å². The Kier molecular flexibility index (Phi) is 7.28. The minimum Gasteiger partial charge on any atom is -0.497 e. The third kappa shape index (κ3) is 5.98. The van der Waals surface area contributed by atoms with E-state index in [4.69, 9.17) is 19.2 Å². The van der Waals surface area contributed by atoms with Crippen molar-refractivity contribution in [1.29, 1.82) is 0 Å². The maximum Gasteiger partial charge on any atom is 0.226 e. The molecule has 0 fully saturated rings. The largest absolute Gasteiger partial charge is 0.497 e. The number of ether oxygens (including phenoxy) is 3. The monoisotopic (exact) mass is 401 g/mol. The number of aryl methyl sites for hydroxylation is 2. The first-order chi connectivity index (χ1) is 14.6. The zero-order chi connectivity index (χ0) is 21.3. The van der Waals surface area contributed by atoms with Gasteiger partial charge in [0.25, 0.3) is 0 Å². The Morgan fingerprint density at radius 3 is 2.17 bits per heavy atom. The van der Waals surface area contributed by atoms with Crippen molar-refractivity contribution in [2.75, 3.05) is 7.11 Å². The van der Waals surface area contributed by atoms with E-state index in [0.29, 0.717) is 18.1 Å². The van der Waals surface area contributed by atoms with Crippen LogP contribution < -0.4 is 14.2 Å². The van der Waals surface area contributed by atoms with Crippen LogP contribution in [0.3, 0.4) is 0 Å². The molecule has 0 amide bonds. The van der Waals surface area contributed by atoms with E-state index in [-0.39, 0.29) is 0 Å². The van der Waals surface area contributed by atoms with Crippen LogP contribution in [0.25, 0.3) is 0 Å². The molecule has 0 N–H and O–H groups in total. The molecule has 3 rings (SSSR count). The highest BCUT2D eigenvalue weighted by atomic mass is 16.5. The maximum absolute atomic E-state index is 6.19. The van der Waals surface area contributed by atoms with Gasteiger partial charge in [0, 0.05) is 5.57 Å². The number of hydrogen-bond donors (Lipinski definition) is 0. The molecule has 3 aromatic rings. The molecule has 0 heterocycles. The molecule has 0 aliphatic heterocycles. The molecule has 0 aliphatic rings. The smallest absolute Gasteiger partial charge is 0.226 e. The maximum atomic E-state index is 6.19. The Hall–Kier alpha value is -3.53. The summed E-state index contributed by atoms with van der Waals surface area (Å²) in [6.45, 7) is 6.14. The average molecular weight is 402 g/mol. The second kappa shape index (κ2) is 10.3. The first kappa shape index (κ1) is 21.2. The molecule has 4 heteroatoms. The number of nitrogens with zero attached hydrogens (tertiary/aromatic N) is 1. The van der Waals surface area contributed by atoms with Gasteiger partial charge in [0.05, 0.1) is 19.1 Å². The molecular weight excluding hydrogens is 374 g/mol. The molecule has 0 saturated heterocycles. The summed E-state index contributed by atoms with van der Waals surface area (Å²) in [6.07, 6.45) is 2.40. The summed E-state index contributed by atoms with van der Waals surface area (Å²) in [4.78, 5) is 4.76. The van der Waals surface area contributed by atoms with Gasteiger partial charge < -0.3 is 14.2 Å². The second-order valence-electron chi connectivity index (χ2n) is 6.96. The summed E-state index contributed by atoms with van der Waals surface area (Å²) in [7, 11) is 1.64. The van der Waals surface area contributed by atoms with Crippen LogP contribution in [0.5, 0.6) is 17.2 Å². The van der Waals surface area contributed by atoms with E-state index in [0.717, 1.165) is 28.3 Å². The van der Waals surface area contributed by atoms with Gasteiger partial charge >= 0.3 is 0 Å². The zero-order valence-electron chi connectivity index (χ0n) is 17.9. The molecule has 30 heavy (non-hydrogen) atoms. The van der Waals surface area contributed by atoms with Crippen LogP contribution in [0.1, 0.15) is 24.5 Å². The highest BCUT2D eigenvalue weighted by Crippen LogP contribution is 2.22. The van der Waals surface area contributed by atoms with E-state index in [2.05, 4.69) is 6.92 Å². The van der Waals surface area contributed by atoms with Crippen molar-refractivity contribution in [3.63, 3.8) is 0 Å². The third-order valence-electron chi connectivity index (χ3n) is 4.52. The van der Waals surface area contributed by atoms with Crippen LogP contribution in [0.2, 0.25) is 0 Å². The van der Waals surface area contributed by atoms with Crippen molar-refractivity contribution >= 4 is 11.6 Å². The van der Waals surface area contributed by atoms with E-state index >= 15 is 0 Å². The van der Waals surface area contributed by atoms with Crippen molar-refractivity contribution in [2.24, 2.45) is 4.99 Å². The van der Waals surface area contributed by atoms with Crippen molar-refractivity contribution in [3.05, 3.63) is 95.8 Å². The van der Waals surface area contributed by atoms with E-state index in [9.17, 15) is 0 Å². The fraction of sp³-hybridized carbons (Fsp3) is 0.192. The van der Waals surface area contributed by atoms with Crippen molar-refractivity contribution in [1.82, 2.24) is 0 Å². The topological polar surface area (TPSA) is 40.0 Å². The fourth-order valence-corrected chi connectivity index (χ4v) is 2.77. The molecule has 3 aromatic carbocycles. The lowest BCUT2D eigenvalue weighted by atomic mass is 10.2. The lowest BCUT2D eigenvalue weighted by molar-refractivity contribution is 0.412. The van der Waals surface area contributed by atoms with Crippen LogP contribution in [0.15, 0.2) is 89.6 Å². The molecule has 0 spiro atoms. The van der Waals surface area contributed by atoms with Crippen molar-refractivity contribution < 1.29 is 14.2 Å². The molecule has 0 bridgehead atoms. The Morgan fingerprint density at radius 2 is 1.53 bits per heavy atom. The Bertz CT molecular complexity index is 1020. The molecule has 0 unspecified atom stereocenters. The predicted molar refractivity (Wildman–Crippen MR) is 122 cm³/mol. The Balaban J connectivity index is 1.91. The van der Waals surface area contributed by atoms with Crippen LogP contribution in [-0.2, 0) is 0 Å². The van der Waals surface area contributed by atoms with Gasteiger partial charge in [-0.05, 0) is 74.4 Å². The minimum absolute atomic E-state index is 0.514. The fourth-order valence-electron chi connectivity index (χ4n) is 2.77. The van der Waals surface area contributed by atoms with E-state index in [1.807, 2.05) is 86.6 Å².